The summed E-state index contributed by atoms with van der Waals surface area (Å²) in [5, 5.41) is 34.1. The molecule has 0 aromatic rings. The van der Waals surface area contributed by atoms with Crippen molar-refractivity contribution in [3.05, 3.63) is 0 Å². The Balaban J connectivity index is 0. The van der Waals surface area contributed by atoms with Gasteiger partial charge in [-0.3, -0.25) is 9.59 Å². The second kappa shape index (κ2) is 20.2. The predicted molar refractivity (Wildman–Crippen MR) is 103 cm³/mol. The van der Waals surface area contributed by atoms with Gasteiger partial charge in [0.15, 0.2) is 0 Å². The quantitative estimate of drug-likeness (QED) is 0.297. The van der Waals surface area contributed by atoms with Crippen LogP contribution in [0.15, 0.2) is 0 Å². The molecule has 0 fully saturated rings. The van der Waals surface area contributed by atoms with Crippen molar-refractivity contribution >= 4 is 11.9 Å². The van der Waals surface area contributed by atoms with E-state index in [0.717, 1.165) is 12.8 Å². The molecular formula is C20H40O6. The molecule has 0 radical (unpaired) electrons. The zero-order valence-electron chi connectivity index (χ0n) is 16.7. The highest BCUT2D eigenvalue weighted by Gasteiger charge is 2.08. The third-order valence-corrected chi connectivity index (χ3v) is 4.02. The second-order valence-electron chi connectivity index (χ2n) is 7.02. The maximum Gasteiger partial charge on any atom is 0.305 e. The summed E-state index contributed by atoms with van der Waals surface area (Å²) in [6, 6.07) is 0. The summed E-state index contributed by atoms with van der Waals surface area (Å²) in [6.45, 7) is 3.68. The summed E-state index contributed by atoms with van der Waals surface area (Å²) < 4.78 is 0. The maximum absolute atomic E-state index is 10.4. The van der Waals surface area contributed by atoms with Crippen LogP contribution in [0.1, 0.15) is 104 Å². The van der Waals surface area contributed by atoms with Crippen LogP contribution in [0.25, 0.3) is 0 Å². The van der Waals surface area contributed by atoms with Crippen LogP contribution < -0.4 is 0 Å². The van der Waals surface area contributed by atoms with Crippen molar-refractivity contribution in [2.75, 3.05) is 0 Å². The van der Waals surface area contributed by atoms with E-state index in [4.69, 9.17) is 15.3 Å². The van der Waals surface area contributed by atoms with Crippen LogP contribution in [-0.2, 0) is 9.59 Å². The Morgan fingerprint density at radius 3 is 1.38 bits per heavy atom. The van der Waals surface area contributed by atoms with Crippen LogP contribution in [0.2, 0.25) is 0 Å². The third-order valence-electron chi connectivity index (χ3n) is 4.02. The molecule has 0 aromatic carbocycles. The Labute approximate surface area is 158 Å². The van der Waals surface area contributed by atoms with E-state index in [1.54, 1.807) is 0 Å². The lowest BCUT2D eigenvalue weighted by molar-refractivity contribution is -0.140. The van der Waals surface area contributed by atoms with Gasteiger partial charge >= 0.3 is 11.9 Å². The van der Waals surface area contributed by atoms with Gasteiger partial charge in [0.05, 0.1) is 25.0 Å². The first-order valence-electron chi connectivity index (χ1n) is 10.1. The summed E-state index contributed by atoms with van der Waals surface area (Å²) in [4.78, 5) is 20.0. The number of hydrogen-bond acceptors (Lipinski definition) is 4. The van der Waals surface area contributed by atoms with Gasteiger partial charge < -0.3 is 20.4 Å². The molecule has 26 heavy (non-hydrogen) atoms. The molecule has 0 saturated heterocycles. The average Bonchev–Trinajstić information content (AvgIpc) is 2.51. The number of unbranched alkanes of at least 4 members (excludes halogenated alkanes) is 10. The Bertz CT molecular complexity index is 330. The summed E-state index contributed by atoms with van der Waals surface area (Å²) in [5.74, 6) is -1.87. The molecule has 0 heterocycles. The Morgan fingerprint density at radius 2 is 1.08 bits per heavy atom. The molecule has 0 aromatic heterocycles. The van der Waals surface area contributed by atoms with E-state index in [1.807, 2.05) is 0 Å². The molecule has 0 spiro atoms. The van der Waals surface area contributed by atoms with Crippen molar-refractivity contribution in [3.8, 4) is 0 Å². The smallest absolute Gasteiger partial charge is 0.305 e. The monoisotopic (exact) mass is 376 g/mol. The van der Waals surface area contributed by atoms with Crippen molar-refractivity contribution in [2.24, 2.45) is 0 Å². The first kappa shape index (κ1) is 27.1. The van der Waals surface area contributed by atoms with Crippen LogP contribution >= 0.6 is 0 Å². The van der Waals surface area contributed by atoms with Crippen molar-refractivity contribution in [1.29, 1.82) is 0 Å². The summed E-state index contributed by atoms with van der Waals surface area (Å²) >= 11 is 0. The number of hydrogen-bond donors (Lipinski definition) is 4. The molecule has 0 aliphatic heterocycles. The second-order valence-corrected chi connectivity index (χ2v) is 7.02. The van der Waals surface area contributed by atoms with E-state index in [1.165, 1.54) is 64.7 Å². The van der Waals surface area contributed by atoms with Gasteiger partial charge in [-0.05, 0) is 13.3 Å². The van der Waals surface area contributed by atoms with E-state index < -0.39 is 24.1 Å². The standard InChI is InChI=1S/C16H32O3.C4H8O3/c1-2-3-4-5-6-7-8-9-10-11-12-13-15(17)14-16(18)19;1-3(5)2-4(6)7/h15,17H,2-14H2,1H3,(H,18,19);3,5H,2H2,1H3,(H,6,7). The Kier molecular flexibility index (Phi) is 21.0. The largest absolute Gasteiger partial charge is 0.481 e. The first-order chi connectivity index (χ1) is 12.3. The van der Waals surface area contributed by atoms with E-state index in [-0.39, 0.29) is 12.8 Å². The fraction of sp³-hybridized carbons (Fsp3) is 0.900. The lowest BCUT2D eigenvalue weighted by Crippen LogP contribution is -2.12. The fourth-order valence-electron chi connectivity index (χ4n) is 2.60. The molecule has 0 rings (SSSR count). The van der Waals surface area contributed by atoms with Crippen molar-refractivity contribution in [3.63, 3.8) is 0 Å². The molecule has 0 amide bonds. The molecule has 6 heteroatoms. The summed E-state index contributed by atoms with van der Waals surface area (Å²) in [7, 11) is 0. The van der Waals surface area contributed by atoms with Gasteiger partial charge in [0.25, 0.3) is 0 Å². The number of carboxylic acid groups (broad SMARTS) is 2. The zero-order chi connectivity index (χ0) is 20.2. The molecule has 6 nitrogen and oxygen atoms in total. The van der Waals surface area contributed by atoms with Gasteiger partial charge in [0.2, 0.25) is 0 Å². The average molecular weight is 377 g/mol. The van der Waals surface area contributed by atoms with Gasteiger partial charge in [0, 0.05) is 0 Å². The molecule has 0 bridgehead atoms. The van der Waals surface area contributed by atoms with Crippen LogP contribution in [0.3, 0.4) is 0 Å². The molecule has 0 saturated carbocycles. The fourth-order valence-corrected chi connectivity index (χ4v) is 2.60. The van der Waals surface area contributed by atoms with Crippen LogP contribution in [0.5, 0.6) is 0 Å². The minimum atomic E-state index is -0.963. The van der Waals surface area contributed by atoms with Crippen molar-refractivity contribution < 1.29 is 30.0 Å². The van der Waals surface area contributed by atoms with Gasteiger partial charge in [0.1, 0.15) is 0 Å². The lowest BCUT2D eigenvalue weighted by Gasteiger charge is -2.07. The normalized spacial score (nSPS) is 12.8. The SMILES string of the molecule is CC(O)CC(=O)O.CCCCCCCCCCCCCC(O)CC(=O)O. The summed E-state index contributed by atoms with van der Waals surface area (Å²) in [5.41, 5.74) is 0. The van der Waals surface area contributed by atoms with E-state index >= 15 is 0 Å². The molecular weight excluding hydrogens is 336 g/mol. The van der Waals surface area contributed by atoms with Crippen LogP contribution in [-0.4, -0.2) is 44.6 Å². The van der Waals surface area contributed by atoms with Crippen LogP contribution in [0, 0.1) is 0 Å². The number of aliphatic carboxylic acids is 2. The number of aliphatic hydroxyl groups is 2. The van der Waals surface area contributed by atoms with Gasteiger partial charge in [-0.15, -0.1) is 0 Å². The van der Waals surface area contributed by atoms with Gasteiger partial charge in [-0.1, -0.05) is 77.6 Å². The maximum atomic E-state index is 10.4. The molecule has 0 aliphatic rings. The Morgan fingerprint density at radius 1 is 0.692 bits per heavy atom. The number of carbonyl (C=O) groups is 2. The van der Waals surface area contributed by atoms with E-state index in [2.05, 4.69) is 6.92 Å². The minimum Gasteiger partial charge on any atom is -0.481 e. The number of carboxylic acids is 2. The minimum absolute atomic E-state index is 0.113. The van der Waals surface area contributed by atoms with E-state index in [0.29, 0.717) is 6.42 Å². The molecule has 156 valence electrons. The zero-order valence-corrected chi connectivity index (χ0v) is 16.7. The number of aliphatic hydroxyl groups excluding tert-OH is 2. The lowest BCUT2D eigenvalue weighted by atomic mass is 10.0. The molecule has 2 unspecified atom stereocenters. The third kappa shape index (κ3) is 27.7. The van der Waals surface area contributed by atoms with Gasteiger partial charge in [-0.25, -0.2) is 0 Å². The topological polar surface area (TPSA) is 115 Å². The highest BCUT2D eigenvalue weighted by Crippen LogP contribution is 2.13. The van der Waals surface area contributed by atoms with Gasteiger partial charge in [-0.2, -0.15) is 0 Å². The molecule has 0 aliphatic carbocycles. The van der Waals surface area contributed by atoms with Crippen molar-refractivity contribution in [2.45, 2.75) is 116 Å². The predicted octanol–water partition coefficient (Wildman–Crippen LogP) is 4.37. The highest BCUT2D eigenvalue weighted by molar-refractivity contribution is 5.67. The first-order valence-corrected chi connectivity index (χ1v) is 10.1. The van der Waals surface area contributed by atoms with Crippen molar-refractivity contribution in [1.82, 2.24) is 0 Å². The molecule has 2 atom stereocenters. The summed E-state index contributed by atoms with van der Waals surface area (Å²) in [6.07, 6.45) is 13.0. The number of rotatable bonds is 16. The Hall–Kier alpha value is -1.14. The van der Waals surface area contributed by atoms with Crippen LogP contribution in [0.4, 0.5) is 0 Å². The molecule has 4 N–H and O–H groups in total. The van der Waals surface area contributed by atoms with E-state index in [9.17, 15) is 14.7 Å². The highest BCUT2D eigenvalue weighted by atomic mass is 16.4.